The summed E-state index contributed by atoms with van der Waals surface area (Å²) in [6, 6.07) is 0. The number of hydrogen-bond acceptors (Lipinski definition) is 6. The Morgan fingerprint density at radius 3 is 2.00 bits per heavy atom. The van der Waals surface area contributed by atoms with Crippen LogP contribution in [0.2, 0.25) is 0 Å². The van der Waals surface area contributed by atoms with Crippen LogP contribution in [0.4, 0.5) is 0 Å². The largest absolute Gasteiger partial charge is 0.359 e. The van der Waals surface area contributed by atoms with Crippen molar-refractivity contribution in [1.29, 1.82) is 0 Å². The highest BCUT2D eigenvalue weighted by atomic mass is 32.2. The van der Waals surface area contributed by atoms with Crippen molar-refractivity contribution < 1.29 is 24.0 Å². The molecule has 0 spiro atoms. The van der Waals surface area contributed by atoms with Gasteiger partial charge in [0, 0.05) is 39.7 Å². The summed E-state index contributed by atoms with van der Waals surface area (Å²) >= 11 is 0.909. The van der Waals surface area contributed by atoms with E-state index in [0.717, 1.165) is 11.8 Å². The lowest BCUT2D eigenvalue weighted by molar-refractivity contribution is -0.127. The molecule has 0 aliphatic rings. The Labute approximate surface area is 127 Å². The second kappa shape index (κ2) is 11.0. The first-order valence-electron chi connectivity index (χ1n) is 6.49. The third-order valence-corrected chi connectivity index (χ3v) is 3.33. The maximum Gasteiger partial charge on any atom is 0.220 e. The molecular formula is C13H20N2O5S. The van der Waals surface area contributed by atoms with E-state index in [1.165, 1.54) is 14.0 Å². The fourth-order valence-corrected chi connectivity index (χ4v) is 1.77. The summed E-state index contributed by atoms with van der Waals surface area (Å²) < 4.78 is 0. The molecule has 0 heterocycles. The number of amides is 2. The molecule has 0 saturated heterocycles. The quantitative estimate of drug-likeness (QED) is 0.579. The van der Waals surface area contributed by atoms with Crippen LogP contribution in [0.3, 0.4) is 0 Å². The van der Waals surface area contributed by atoms with Crippen molar-refractivity contribution in [3.63, 3.8) is 0 Å². The maximum absolute atomic E-state index is 11.4. The van der Waals surface area contributed by atoms with Crippen molar-refractivity contribution in [2.75, 3.05) is 19.3 Å². The van der Waals surface area contributed by atoms with Crippen LogP contribution >= 0.6 is 11.8 Å². The van der Waals surface area contributed by atoms with E-state index < -0.39 is 5.91 Å². The van der Waals surface area contributed by atoms with Crippen LogP contribution in [0.25, 0.3) is 0 Å². The molecule has 0 bridgehead atoms. The molecule has 0 aliphatic heterocycles. The molecule has 2 amide bonds. The maximum atomic E-state index is 11.4. The molecule has 0 aromatic heterocycles. The molecule has 118 valence electrons. The van der Waals surface area contributed by atoms with Gasteiger partial charge in [0.15, 0.2) is 10.9 Å². The third-order valence-electron chi connectivity index (χ3n) is 2.46. The molecule has 2 N–H and O–H groups in total. The fourth-order valence-electron chi connectivity index (χ4n) is 1.26. The summed E-state index contributed by atoms with van der Waals surface area (Å²) in [7, 11) is 1.48. The Morgan fingerprint density at radius 1 is 0.857 bits per heavy atom. The second-order valence-electron chi connectivity index (χ2n) is 4.31. The molecular weight excluding hydrogens is 296 g/mol. The van der Waals surface area contributed by atoms with E-state index in [9.17, 15) is 24.0 Å². The number of hydrogen-bond donors (Lipinski definition) is 2. The van der Waals surface area contributed by atoms with Gasteiger partial charge < -0.3 is 10.6 Å². The zero-order valence-corrected chi connectivity index (χ0v) is 13.0. The zero-order chi connectivity index (χ0) is 16.3. The Bertz CT molecular complexity index is 423. The van der Waals surface area contributed by atoms with Gasteiger partial charge in [-0.05, 0) is 0 Å². The minimum absolute atomic E-state index is 0.0139. The van der Waals surface area contributed by atoms with Gasteiger partial charge in [-0.15, -0.1) is 0 Å². The molecule has 0 atom stereocenters. The SMILES string of the molecule is CNC(=O)CCC(=O)CNC(=O)CCC(=O)CSC(C)=O. The summed E-state index contributed by atoms with van der Waals surface area (Å²) in [6.45, 7) is 1.22. The van der Waals surface area contributed by atoms with Crippen LogP contribution in [0.5, 0.6) is 0 Å². The molecule has 7 nitrogen and oxygen atoms in total. The van der Waals surface area contributed by atoms with Gasteiger partial charge in [-0.1, -0.05) is 11.8 Å². The van der Waals surface area contributed by atoms with E-state index in [0.29, 0.717) is 0 Å². The van der Waals surface area contributed by atoms with Gasteiger partial charge in [-0.25, -0.2) is 0 Å². The van der Waals surface area contributed by atoms with E-state index >= 15 is 0 Å². The van der Waals surface area contributed by atoms with Gasteiger partial charge in [0.05, 0.1) is 12.3 Å². The third kappa shape index (κ3) is 11.8. The fraction of sp³-hybridized carbons (Fsp3) is 0.615. The van der Waals surface area contributed by atoms with Crippen LogP contribution in [0.1, 0.15) is 32.6 Å². The van der Waals surface area contributed by atoms with E-state index in [1.54, 1.807) is 0 Å². The highest BCUT2D eigenvalue weighted by Crippen LogP contribution is 2.04. The molecule has 0 rings (SSSR count). The first-order chi connectivity index (χ1) is 9.85. The molecule has 8 heteroatoms. The predicted molar refractivity (Wildman–Crippen MR) is 78.7 cm³/mol. The summed E-state index contributed by atoms with van der Waals surface area (Å²) in [5.74, 6) is -0.998. The van der Waals surface area contributed by atoms with Crippen molar-refractivity contribution in [3.8, 4) is 0 Å². The number of thioether (sulfide) groups is 1. The summed E-state index contributed by atoms with van der Waals surface area (Å²) in [4.78, 5) is 55.7. The van der Waals surface area contributed by atoms with Crippen molar-refractivity contribution in [2.24, 2.45) is 0 Å². The number of carbonyl (C=O) groups excluding carboxylic acids is 5. The molecule has 0 saturated carbocycles. The zero-order valence-electron chi connectivity index (χ0n) is 12.2. The van der Waals surface area contributed by atoms with Crippen molar-refractivity contribution in [1.82, 2.24) is 10.6 Å². The smallest absolute Gasteiger partial charge is 0.220 e. The lowest BCUT2D eigenvalue weighted by Crippen LogP contribution is -2.30. The topological polar surface area (TPSA) is 109 Å². The summed E-state index contributed by atoms with van der Waals surface area (Å²) in [5.41, 5.74) is 0. The monoisotopic (exact) mass is 316 g/mol. The van der Waals surface area contributed by atoms with Gasteiger partial charge in [0.1, 0.15) is 5.78 Å². The number of rotatable bonds is 10. The molecule has 21 heavy (non-hydrogen) atoms. The highest BCUT2D eigenvalue weighted by Gasteiger charge is 2.10. The van der Waals surface area contributed by atoms with Crippen LogP contribution in [0.15, 0.2) is 0 Å². The summed E-state index contributed by atoms with van der Waals surface area (Å²) in [5, 5.41) is 4.65. The molecule has 0 aromatic carbocycles. The first-order valence-corrected chi connectivity index (χ1v) is 7.47. The van der Waals surface area contributed by atoms with Crippen LogP contribution in [-0.2, 0) is 24.0 Å². The minimum Gasteiger partial charge on any atom is -0.359 e. The van der Waals surface area contributed by atoms with Gasteiger partial charge in [-0.3, -0.25) is 24.0 Å². The van der Waals surface area contributed by atoms with E-state index in [4.69, 9.17) is 0 Å². The average molecular weight is 316 g/mol. The standard InChI is InChI=1S/C13H20N2O5S/c1-9(16)21-8-11(18)4-6-13(20)15-7-10(17)3-5-12(19)14-2/h3-8H2,1-2H3,(H,14,19)(H,15,20). The van der Waals surface area contributed by atoms with Gasteiger partial charge >= 0.3 is 0 Å². The lowest BCUT2D eigenvalue weighted by Gasteiger charge is -2.04. The van der Waals surface area contributed by atoms with Crippen LogP contribution in [-0.4, -0.2) is 47.8 Å². The first kappa shape index (κ1) is 19.3. The molecule has 0 unspecified atom stereocenters. The predicted octanol–water partition coefficient (Wildman–Crippen LogP) is -0.173. The molecule has 0 fully saturated rings. The summed E-state index contributed by atoms with van der Waals surface area (Å²) in [6.07, 6.45) is 0.179. The van der Waals surface area contributed by atoms with E-state index in [1.807, 2.05) is 0 Å². The van der Waals surface area contributed by atoms with Crippen LogP contribution in [0, 0.1) is 0 Å². The van der Waals surface area contributed by atoms with E-state index in [2.05, 4.69) is 10.6 Å². The minimum atomic E-state index is -0.399. The Hall–Kier alpha value is -1.70. The van der Waals surface area contributed by atoms with Gasteiger partial charge in [0.2, 0.25) is 11.8 Å². The molecule has 0 radical (unpaired) electrons. The van der Waals surface area contributed by atoms with Crippen molar-refractivity contribution in [2.45, 2.75) is 32.6 Å². The number of ketones is 2. The van der Waals surface area contributed by atoms with Gasteiger partial charge in [0.25, 0.3) is 0 Å². The molecule has 0 aromatic rings. The second-order valence-corrected chi connectivity index (χ2v) is 5.46. The average Bonchev–Trinajstić information content (AvgIpc) is 2.45. The Morgan fingerprint density at radius 2 is 1.43 bits per heavy atom. The van der Waals surface area contributed by atoms with Crippen molar-refractivity contribution >= 4 is 40.3 Å². The highest BCUT2D eigenvalue weighted by molar-refractivity contribution is 8.14. The van der Waals surface area contributed by atoms with Crippen molar-refractivity contribution in [3.05, 3.63) is 0 Å². The Kier molecular flexibility index (Phi) is 10.1. The van der Waals surface area contributed by atoms with Crippen LogP contribution < -0.4 is 10.6 Å². The van der Waals surface area contributed by atoms with E-state index in [-0.39, 0.29) is 60.6 Å². The lowest BCUT2D eigenvalue weighted by atomic mass is 10.2. The number of Topliss-reactive ketones (excluding diaryl/α,β-unsaturated/α-hetero) is 2. The van der Waals surface area contributed by atoms with Gasteiger partial charge in [-0.2, -0.15) is 0 Å². The normalized spacial score (nSPS) is 9.81. The Balaban J connectivity index is 3.75. The molecule has 0 aliphatic carbocycles. The number of carbonyl (C=O) groups is 5. The number of nitrogens with one attached hydrogen (secondary N) is 2.